The second kappa shape index (κ2) is 3.72. The number of hydrogen-bond acceptors (Lipinski definition) is 2. The van der Waals surface area contributed by atoms with Crippen LogP contribution in [0.2, 0.25) is 0 Å². The average Bonchev–Trinajstić information content (AvgIpc) is 2.96. The van der Waals surface area contributed by atoms with E-state index in [9.17, 15) is 9.90 Å². The topological polar surface area (TPSA) is 37.3 Å². The van der Waals surface area contributed by atoms with E-state index in [0.717, 1.165) is 49.7 Å². The molecule has 2 nitrogen and oxygen atoms in total. The van der Waals surface area contributed by atoms with Crippen LogP contribution in [0, 0.1) is 0 Å². The molecule has 1 atom stereocenters. The van der Waals surface area contributed by atoms with Crippen LogP contribution < -0.4 is 0 Å². The van der Waals surface area contributed by atoms with Crippen LogP contribution in [0.5, 0.6) is 5.75 Å². The second-order valence-corrected chi connectivity index (χ2v) is 6.15. The Bertz CT molecular complexity index is 612. The zero-order chi connectivity index (χ0) is 13.0. The molecule has 1 aromatic rings. The quantitative estimate of drug-likeness (QED) is 0.770. The van der Waals surface area contributed by atoms with Crippen LogP contribution in [0.4, 0.5) is 0 Å². The SMILES string of the molecule is O=C1CCCC2=C1[C@@]1(CC2)CCc2cccc(O)c21. The molecule has 1 aromatic carbocycles. The number of phenolic OH excluding ortho intramolecular Hbond substituents is 1. The molecule has 0 radical (unpaired) electrons. The van der Waals surface area contributed by atoms with E-state index in [1.165, 1.54) is 11.1 Å². The molecule has 4 rings (SSSR count). The van der Waals surface area contributed by atoms with Gasteiger partial charge in [0.2, 0.25) is 0 Å². The van der Waals surface area contributed by atoms with Crippen molar-refractivity contribution in [2.75, 3.05) is 0 Å². The number of phenols is 1. The fraction of sp³-hybridized carbons (Fsp3) is 0.471. The van der Waals surface area contributed by atoms with E-state index in [2.05, 4.69) is 6.07 Å². The zero-order valence-corrected chi connectivity index (χ0v) is 11.0. The number of carbonyl (C=O) groups excluding carboxylic acids is 1. The highest BCUT2D eigenvalue weighted by atomic mass is 16.3. The first kappa shape index (κ1) is 11.3. The predicted molar refractivity (Wildman–Crippen MR) is 73.2 cm³/mol. The maximum Gasteiger partial charge on any atom is 0.159 e. The standard InChI is InChI=1S/C17H18O2/c18-13-5-1-3-11-7-9-17(15(11)13)10-8-12-4-2-6-14(19)16(12)17/h1,3,5,18H,2,4,6-10H2/t17-/m1/s1. The zero-order valence-electron chi connectivity index (χ0n) is 11.0. The van der Waals surface area contributed by atoms with Gasteiger partial charge in [-0.1, -0.05) is 17.7 Å². The Labute approximate surface area is 113 Å². The molecule has 3 aliphatic rings. The van der Waals surface area contributed by atoms with Crippen LogP contribution in [-0.4, -0.2) is 10.9 Å². The first-order valence-corrected chi connectivity index (χ1v) is 7.29. The number of fused-ring (bicyclic) bond motifs is 3. The first-order valence-electron chi connectivity index (χ1n) is 7.29. The van der Waals surface area contributed by atoms with Crippen LogP contribution in [0.25, 0.3) is 0 Å². The summed E-state index contributed by atoms with van der Waals surface area (Å²) in [6.07, 6.45) is 6.87. The van der Waals surface area contributed by atoms with Gasteiger partial charge in [-0.2, -0.15) is 0 Å². The molecule has 0 saturated heterocycles. The number of hydrogen-bond donors (Lipinski definition) is 1. The normalized spacial score (nSPS) is 28.9. The lowest BCUT2D eigenvalue weighted by Gasteiger charge is -2.30. The van der Waals surface area contributed by atoms with Crippen LogP contribution >= 0.6 is 0 Å². The van der Waals surface area contributed by atoms with E-state index in [1.807, 2.05) is 6.07 Å². The van der Waals surface area contributed by atoms with Gasteiger partial charge >= 0.3 is 0 Å². The third-order valence-corrected chi connectivity index (χ3v) is 5.28. The van der Waals surface area contributed by atoms with Crippen molar-refractivity contribution in [3.63, 3.8) is 0 Å². The monoisotopic (exact) mass is 254 g/mol. The summed E-state index contributed by atoms with van der Waals surface area (Å²) in [6, 6.07) is 5.80. The number of aryl methyl sites for hydroxylation is 1. The maximum atomic E-state index is 12.4. The molecule has 0 aliphatic heterocycles. The Morgan fingerprint density at radius 2 is 1.89 bits per heavy atom. The molecule has 0 aromatic heterocycles. The number of carbonyl (C=O) groups is 1. The number of rotatable bonds is 0. The number of allylic oxidation sites excluding steroid dienone is 2. The van der Waals surface area contributed by atoms with Crippen molar-refractivity contribution in [1.29, 1.82) is 0 Å². The fourth-order valence-electron chi connectivity index (χ4n) is 4.57. The van der Waals surface area contributed by atoms with Crippen molar-refractivity contribution in [2.24, 2.45) is 0 Å². The van der Waals surface area contributed by atoms with Crippen LogP contribution in [-0.2, 0) is 16.6 Å². The van der Waals surface area contributed by atoms with Gasteiger partial charge in [-0.15, -0.1) is 0 Å². The van der Waals surface area contributed by atoms with Gasteiger partial charge in [-0.25, -0.2) is 0 Å². The van der Waals surface area contributed by atoms with Gasteiger partial charge in [0.25, 0.3) is 0 Å². The van der Waals surface area contributed by atoms with Crippen LogP contribution in [0.1, 0.15) is 49.7 Å². The molecule has 0 unspecified atom stereocenters. The van der Waals surface area contributed by atoms with Gasteiger partial charge in [0.15, 0.2) is 5.78 Å². The lowest BCUT2D eigenvalue weighted by Crippen LogP contribution is -2.28. The van der Waals surface area contributed by atoms with Crippen molar-refractivity contribution in [2.45, 2.75) is 50.4 Å². The second-order valence-electron chi connectivity index (χ2n) is 6.15. The molecule has 98 valence electrons. The van der Waals surface area contributed by atoms with Crippen molar-refractivity contribution < 1.29 is 9.90 Å². The van der Waals surface area contributed by atoms with Gasteiger partial charge in [0.05, 0.1) is 0 Å². The summed E-state index contributed by atoms with van der Waals surface area (Å²) >= 11 is 0. The molecule has 0 fully saturated rings. The van der Waals surface area contributed by atoms with Gasteiger partial charge in [0.1, 0.15) is 5.75 Å². The molecular weight excluding hydrogens is 236 g/mol. The number of aromatic hydroxyl groups is 1. The highest BCUT2D eigenvalue weighted by Gasteiger charge is 2.50. The summed E-state index contributed by atoms with van der Waals surface area (Å²) in [5, 5.41) is 10.3. The largest absolute Gasteiger partial charge is 0.508 e. The van der Waals surface area contributed by atoms with E-state index in [0.29, 0.717) is 18.0 Å². The highest BCUT2D eigenvalue weighted by Crippen LogP contribution is 2.57. The van der Waals surface area contributed by atoms with Crippen molar-refractivity contribution >= 4 is 5.78 Å². The minimum atomic E-state index is -0.145. The molecule has 0 amide bonds. The molecule has 1 spiro atoms. The summed E-state index contributed by atoms with van der Waals surface area (Å²) in [5.41, 5.74) is 4.63. The van der Waals surface area contributed by atoms with E-state index < -0.39 is 0 Å². The molecule has 1 N–H and O–H groups in total. The summed E-state index contributed by atoms with van der Waals surface area (Å²) in [7, 11) is 0. The molecule has 19 heavy (non-hydrogen) atoms. The molecule has 0 heterocycles. The van der Waals surface area contributed by atoms with E-state index >= 15 is 0 Å². The Morgan fingerprint density at radius 1 is 1.05 bits per heavy atom. The Kier molecular flexibility index (Phi) is 2.21. The number of Topliss-reactive ketones (excluding diaryl/α,β-unsaturated/α-hetero) is 1. The highest BCUT2D eigenvalue weighted by molar-refractivity contribution is 6.00. The van der Waals surface area contributed by atoms with Crippen molar-refractivity contribution in [3.05, 3.63) is 40.5 Å². The molecule has 0 saturated carbocycles. The Balaban J connectivity index is 1.95. The van der Waals surface area contributed by atoms with Crippen LogP contribution in [0.3, 0.4) is 0 Å². The Hall–Kier alpha value is -1.57. The minimum absolute atomic E-state index is 0.145. The summed E-state index contributed by atoms with van der Waals surface area (Å²) in [6.45, 7) is 0. The lowest BCUT2D eigenvalue weighted by molar-refractivity contribution is -0.116. The minimum Gasteiger partial charge on any atom is -0.508 e. The van der Waals surface area contributed by atoms with Gasteiger partial charge in [-0.05, 0) is 50.2 Å². The van der Waals surface area contributed by atoms with Crippen molar-refractivity contribution in [3.8, 4) is 5.75 Å². The fourth-order valence-corrected chi connectivity index (χ4v) is 4.57. The predicted octanol–water partition coefficient (Wildman–Crippen LogP) is 3.42. The van der Waals surface area contributed by atoms with Crippen LogP contribution in [0.15, 0.2) is 29.3 Å². The number of benzene rings is 1. The maximum absolute atomic E-state index is 12.4. The van der Waals surface area contributed by atoms with Crippen molar-refractivity contribution in [1.82, 2.24) is 0 Å². The molecule has 0 bridgehead atoms. The van der Waals surface area contributed by atoms with Gasteiger partial charge in [0, 0.05) is 23.0 Å². The summed E-state index contributed by atoms with van der Waals surface area (Å²) < 4.78 is 0. The van der Waals surface area contributed by atoms with Gasteiger partial charge < -0.3 is 5.11 Å². The molecule has 2 heteroatoms. The summed E-state index contributed by atoms with van der Waals surface area (Å²) in [4.78, 5) is 12.4. The van der Waals surface area contributed by atoms with Gasteiger partial charge in [-0.3, -0.25) is 4.79 Å². The third kappa shape index (κ3) is 1.35. The van der Waals surface area contributed by atoms with E-state index in [4.69, 9.17) is 0 Å². The molecule has 3 aliphatic carbocycles. The summed E-state index contributed by atoms with van der Waals surface area (Å²) in [5.74, 6) is 0.733. The first-order chi connectivity index (χ1) is 9.22. The lowest BCUT2D eigenvalue weighted by atomic mass is 9.72. The van der Waals surface area contributed by atoms with E-state index in [1.54, 1.807) is 6.07 Å². The smallest absolute Gasteiger partial charge is 0.159 e. The molecular formula is C17H18O2. The Morgan fingerprint density at radius 3 is 2.79 bits per heavy atom. The number of ketones is 1. The average molecular weight is 254 g/mol. The van der Waals surface area contributed by atoms with E-state index in [-0.39, 0.29) is 5.41 Å². The third-order valence-electron chi connectivity index (χ3n) is 5.28.